The van der Waals surface area contributed by atoms with Crippen molar-refractivity contribution < 1.29 is 9.31 Å². The average molecular weight is 282 g/mol. The molecule has 0 fully saturated rings. The van der Waals surface area contributed by atoms with E-state index in [1.807, 2.05) is 0 Å². The molecule has 1 aromatic rings. The number of halogens is 1. The third kappa shape index (κ3) is 3.92. The summed E-state index contributed by atoms with van der Waals surface area (Å²) in [6.45, 7) is 10.8. The second kappa shape index (κ2) is 6.68. The van der Waals surface area contributed by atoms with Crippen LogP contribution in [0.2, 0.25) is 0 Å². The lowest BCUT2D eigenvalue weighted by atomic mass is 9.85. The minimum atomic E-state index is -0.551. The zero-order chi connectivity index (χ0) is 15.4. The molecule has 0 atom stereocenters. The van der Waals surface area contributed by atoms with E-state index in [1.54, 1.807) is 6.92 Å². The van der Waals surface area contributed by atoms with Crippen LogP contribution in [0, 0.1) is 40.6 Å². The molecule has 0 saturated carbocycles. The summed E-state index contributed by atoms with van der Waals surface area (Å²) in [5, 5.41) is 14.1. The molecule has 0 spiro atoms. The Morgan fingerprint density at radius 3 is 2.25 bits per heavy atom. The Morgan fingerprint density at radius 1 is 1.25 bits per heavy atom. The SMILES string of the molecule is Cc1cc(NCC(C(C)C)C(C)C)c([N+](=O)[O-])cc1F. The number of hydrogen-bond donors (Lipinski definition) is 1. The molecule has 0 unspecified atom stereocenters. The van der Waals surface area contributed by atoms with Crippen molar-refractivity contribution in [1.29, 1.82) is 0 Å². The highest BCUT2D eigenvalue weighted by Crippen LogP contribution is 2.29. The molecule has 20 heavy (non-hydrogen) atoms. The highest BCUT2D eigenvalue weighted by atomic mass is 19.1. The lowest BCUT2D eigenvalue weighted by Gasteiger charge is -2.25. The van der Waals surface area contributed by atoms with Crippen molar-refractivity contribution in [2.75, 3.05) is 11.9 Å². The Morgan fingerprint density at radius 2 is 1.80 bits per heavy atom. The van der Waals surface area contributed by atoms with Crippen LogP contribution in [0.5, 0.6) is 0 Å². The Balaban J connectivity index is 2.97. The monoisotopic (exact) mass is 282 g/mol. The van der Waals surface area contributed by atoms with Crippen molar-refractivity contribution in [3.63, 3.8) is 0 Å². The molecule has 0 aliphatic rings. The maximum atomic E-state index is 13.4. The molecule has 0 aliphatic carbocycles. The quantitative estimate of drug-likeness (QED) is 0.622. The molecule has 0 radical (unpaired) electrons. The molecule has 1 N–H and O–H groups in total. The number of hydrogen-bond acceptors (Lipinski definition) is 3. The van der Waals surface area contributed by atoms with E-state index in [9.17, 15) is 14.5 Å². The Bertz CT molecular complexity index is 479. The first-order valence-corrected chi connectivity index (χ1v) is 6.92. The fraction of sp³-hybridized carbons (Fsp3) is 0.600. The van der Waals surface area contributed by atoms with Crippen LogP contribution in [0.1, 0.15) is 33.3 Å². The van der Waals surface area contributed by atoms with Gasteiger partial charge < -0.3 is 5.32 Å². The van der Waals surface area contributed by atoms with Gasteiger partial charge in [0.1, 0.15) is 11.5 Å². The number of nitro benzene ring substituents is 1. The van der Waals surface area contributed by atoms with E-state index in [1.165, 1.54) is 6.07 Å². The Labute approximate surface area is 119 Å². The third-order valence-corrected chi connectivity index (χ3v) is 3.71. The minimum Gasteiger partial charge on any atom is -0.379 e. The second-order valence-electron chi connectivity index (χ2n) is 5.91. The zero-order valence-electron chi connectivity index (χ0n) is 12.7. The molecule has 0 aromatic heterocycles. The molecule has 4 nitrogen and oxygen atoms in total. The van der Waals surface area contributed by atoms with Gasteiger partial charge >= 0.3 is 0 Å². The summed E-state index contributed by atoms with van der Waals surface area (Å²) in [5.41, 5.74) is 0.586. The molecule has 112 valence electrons. The first-order valence-electron chi connectivity index (χ1n) is 6.92. The Hall–Kier alpha value is -1.65. The summed E-state index contributed by atoms with van der Waals surface area (Å²) in [6.07, 6.45) is 0. The van der Waals surface area contributed by atoms with Gasteiger partial charge in [-0.05, 0) is 36.3 Å². The summed E-state index contributed by atoms with van der Waals surface area (Å²) >= 11 is 0. The van der Waals surface area contributed by atoms with E-state index in [-0.39, 0.29) is 5.69 Å². The molecule has 0 amide bonds. The van der Waals surface area contributed by atoms with E-state index in [2.05, 4.69) is 33.0 Å². The maximum absolute atomic E-state index is 13.4. The van der Waals surface area contributed by atoms with Crippen molar-refractivity contribution in [2.45, 2.75) is 34.6 Å². The van der Waals surface area contributed by atoms with Crippen molar-refractivity contribution in [3.8, 4) is 0 Å². The van der Waals surface area contributed by atoms with Gasteiger partial charge in [0.25, 0.3) is 5.69 Å². The van der Waals surface area contributed by atoms with Crippen molar-refractivity contribution >= 4 is 11.4 Å². The predicted octanol–water partition coefficient (Wildman–Crippen LogP) is 4.38. The summed E-state index contributed by atoms with van der Waals surface area (Å²) in [7, 11) is 0. The van der Waals surface area contributed by atoms with Crippen LogP contribution >= 0.6 is 0 Å². The van der Waals surface area contributed by atoms with Gasteiger partial charge in [-0.2, -0.15) is 0 Å². The highest BCUT2D eigenvalue weighted by molar-refractivity contribution is 5.63. The van der Waals surface area contributed by atoms with Crippen LogP contribution in [-0.2, 0) is 0 Å². The lowest BCUT2D eigenvalue weighted by Crippen LogP contribution is -2.24. The zero-order valence-corrected chi connectivity index (χ0v) is 12.7. The standard InChI is InChI=1S/C15H23FN2O2/c1-9(2)12(10(3)4)8-17-14-6-11(5)13(16)7-15(14)18(19)20/h6-7,9-10,12,17H,8H2,1-5H3. The molecule has 0 heterocycles. The van der Waals surface area contributed by atoms with Gasteiger partial charge in [-0.15, -0.1) is 0 Å². The topological polar surface area (TPSA) is 55.2 Å². The smallest absolute Gasteiger partial charge is 0.295 e. The van der Waals surface area contributed by atoms with Gasteiger partial charge in [0.05, 0.1) is 11.0 Å². The van der Waals surface area contributed by atoms with Crippen LogP contribution in [0.15, 0.2) is 12.1 Å². The van der Waals surface area contributed by atoms with Gasteiger partial charge in [0.2, 0.25) is 0 Å². The fourth-order valence-corrected chi connectivity index (χ4v) is 2.43. The van der Waals surface area contributed by atoms with Gasteiger partial charge in [0, 0.05) is 6.54 Å². The molecule has 1 rings (SSSR count). The van der Waals surface area contributed by atoms with Crippen LogP contribution in [0.25, 0.3) is 0 Å². The number of nitro groups is 1. The number of aryl methyl sites for hydroxylation is 1. The minimum absolute atomic E-state index is 0.209. The number of nitrogens with one attached hydrogen (secondary N) is 1. The van der Waals surface area contributed by atoms with Gasteiger partial charge in [0.15, 0.2) is 0 Å². The number of nitrogens with zero attached hydrogens (tertiary/aromatic N) is 1. The molecule has 0 saturated heterocycles. The summed E-state index contributed by atoms with van der Waals surface area (Å²) < 4.78 is 13.4. The maximum Gasteiger partial charge on any atom is 0.295 e. The van der Waals surface area contributed by atoms with E-state index in [0.717, 1.165) is 6.07 Å². The molecular formula is C15H23FN2O2. The summed E-state index contributed by atoms with van der Waals surface area (Å²) in [4.78, 5) is 10.4. The number of anilines is 1. The first-order chi connectivity index (χ1) is 9.23. The van der Waals surface area contributed by atoms with Gasteiger partial charge in [-0.25, -0.2) is 4.39 Å². The highest BCUT2D eigenvalue weighted by Gasteiger charge is 2.21. The largest absolute Gasteiger partial charge is 0.379 e. The van der Waals surface area contributed by atoms with Crippen LogP contribution in [0.4, 0.5) is 15.8 Å². The normalized spacial score (nSPS) is 11.4. The van der Waals surface area contributed by atoms with Crippen molar-refractivity contribution in [2.24, 2.45) is 17.8 Å². The molecule has 5 heteroatoms. The second-order valence-corrected chi connectivity index (χ2v) is 5.91. The average Bonchev–Trinajstić information content (AvgIpc) is 2.32. The van der Waals surface area contributed by atoms with Gasteiger partial charge in [-0.1, -0.05) is 27.7 Å². The van der Waals surface area contributed by atoms with E-state index >= 15 is 0 Å². The molecule has 0 bridgehead atoms. The Kier molecular flexibility index (Phi) is 5.48. The number of rotatable bonds is 6. The van der Waals surface area contributed by atoms with Gasteiger partial charge in [-0.3, -0.25) is 10.1 Å². The van der Waals surface area contributed by atoms with Crippen molar-refractivity contribution in [1.82, 2.24) is 0 Å². The summed E-state index contributed by atoms with van der Waals surface area (Å²) in [6, 6.07) is 2.49. The number of benzene rings is 1. The first kappa shape index (κ1) is 16.4. The van der Waals surface area contributed by atoms with Crippen molar-refractivity contribution in [3.05, 3.63) is 33.6 Å². The van der Waals surface area contributed by atoms with Crippen LogP contribution in [-0.4, -0.2) is 11.5 Å². The fourth-order valence-electron chi connectivity index (χ4n) is 2.43. The molecule has 1 aromatic carbocycles. The summed E-state index contributed by atoms with van der Waals surface area (Å²) in [5.74, 6) is 0.803. The molecule has 0 aliphatic heterocycles. The van der Waals surface area contributed by atoms with E-state index in [4.69, 9.17) is 0 Å². The van der Waals surface area contributed by atoms with E-state index in [0.29, 0.717) is 35.5 Å². The predicted molar refractivity (Wildman–Crippen MR) is 79.4 cm³/mol. The third-order valence-electron chi connectivity index (χ3n) is 3.71. The van der Waals surface area contributed by atoms with E-state index < -0.39 is 10.7 Å². The van der Waals surface area contributed by atoms with Crippen LogP contribution < -0.4 is 5.32 Å². The van der Waals surface area contributed by atoms with Crippen LogP contribution in [0.3, 0.4) is 0 Å². The lowest BCUT2D eigenvalue weighted by molar-refractivity contribution is -0.384. The molecular weight excluding hydrogens is 259 g/mol.